The number of carbonyl (C=O) groups excluding carboxylic acids is 1. The lowest BCUT2D eigenvalue weighted by molar-refractivity contribution is 0.144. The standard InChI is InChI=1S/C12H26N2O2/c1-4-7-10-14(5-2)12(15)13-9-8-11-16-6-3/h4-11H2,1-3H3,(H,13,15). The van der Waals surface area contributed by atoms with Crippen LogP contribution in [0.2, 0.25) is 0 Å². The minimum absolute atomic E-state index is 0.0486. The second-order valence-electron chi connectivity index (χ2n) is 3.72. The Bertz CT molecular complexity index is 174. The second kappa shape index (κ2) is 10.7. The summed E-state index contributed by atoms with van der Waals surface area (Å²) in [5.41, 5.74) is 0. The molecule has 0 aromatic carbocycles. The van der Waals surface area contributed by atoms with Crippen molar-refractivity contribution in [2.45, 2.75) is 40.0 Å². The van der Waals surface area contributed by atoms with Crippen LogP contribution in [-0.4, -0.2) is 43.8 Å². The number of unbranched alkanes of at least 4 members (excludes halogenated alkanes) is 1. The van der Waals surface area contributed by atoms with E-state index >= 15 is 0 Å². The topological polar surface area (TPSA) is 41.6 Å². The molecule has 0 saturated carbocycles. The van der Waals surface area contributed by atoms with Gasteiger partial charge in [-0.25, -0.2) is 4.79 Å². The fourth-order valence-electron chi connectivity index (χ4n) is 1.38. The molecule has 0 rings (SSSR count). The van der Waals surface area contributed by atoms with Gasteiger partial charge < -0.3 is 15.0 Å². The first-order valence-corrected chi connectivity index (χ1v) is 6.36. The first kappa shape index (κ1) is 15.2. The lowest BCUT2D eigenvalue weighted by Crippen LogP contribution is -2.40. The summed E-state index contributed by atoms with van der Waals surface area (Å²) in [6.45, 7) is 9.90. The van der Waals surface area contributed by atoms with Crippen LogP contribution in [0.15, 0.2) is 0 Å². The number of carbonyl (C=O) groups is 1. The van der Waals surface area contributed by atoms with Crippen LogP contribution >= 0.6 is 0 Å². The molecule has 1 N–H and O–H groups in total. The second-order valence-corrected chi connectivity index (χ2v) is 3.72. The van der Waals surface area contributed by atoms with Gasteiger partial charge in [-0.15, -0.1) is 0 Å². The average Bonchev–Trinajstić information content (AvgIpc) is 2.30. The first-order valence-electron chi connectivity index (χ1n) is 6.36. The molecule has 96 valence electrons. The number of nitrogens with one attached hydrogen (secondary N) is 1. The normalized spacial score (nSPS) is 10.2. The van der Waals surface area contributed by atoms with Gasteiger partial charge >= 0.3 is 6.03 Å². The highest BCUT2D eigenvalue weighted by atomic mass is 16.5. The van der Waals surface area contributed by atoms with Crippen LogP contribution in [0.1, 0.15) is 40.0 Å². The van der Waals surface area contributed by atoms with Gasteiger partial charge in [-0.1, -0.05) is 13.3 Å². The molecule has 0 radical (unpaired) electrons. The smallest absolute Gasteiger partial charge is 0.317 e. The molecule has 0 aliphatic carbocycles. The van der Waals surface area contributed by atoms with Crippen LogP contribution in [0.3, 0.4) is 0 Å². The molecular formula is C12H26N2O2. The molecule has 2 amide bonds. The molecule has 0 aliphatic rings. The maximum atomic E-state index is 11.7. The number of urea groups is 1. The Kier molecular flexibility index (Phi) is 10.2. The highest BCUT2D eigenvalue weighted by Crippen LogP contribution is 1.95. The van der Waals surface area contributed by atoms with Crippen molar-refractivity contribution < 1.29 is 9.53 Å². The summed E-state index contributed by atoms with van der Waals surface area (Å²) >= 11 is 0. The van der Waals surface area contributed by atoms with Gasteiger partial charge in [0, 0.05) is 32.8 Å². The fraction of sp³-hybridized carbons (Fsp3) is 0.917. The molecule has 0 aliphatic heterocycles. The summed E-state index contributed by atoms with van der Waals surface area (Å²) in [5, 5.41) is 2.91. The van der Waals surface area contributed by atoms with Crippen molar-refractivity contribution in [1.82, 2.24) is 10.2 Å². The van der Waals surface area contributed by atoms with Crippen LogP contribution in [0, 0.1) is 0 Å². The Labute approximate surface area is 99.3 Å². The Morgan fingerprint density at radius 3 is 2.56 bits per heavy atom. The zero-order chi connectivity index (χ0) is 12.2. The van der Waals surface area contributed by atoms with E-state index < -0.39 is 0 Å². The molecule has 4 nitrogen and oxygen atoms in total. The van der Waals surface area contributed by atoms with Gasteiger partial charge in [0.2, 0.25) is 0 Å². The Balaban J connectivity index is 3.58. The lowest BCUT2D eigenvalue weighted by Gasteiger charge is -2.21. The largest absolute Gasteiger partial charge is 0.382 e. The number of amides is 2. The molecule has 16 heavy (non-hydrogen) atoms. The molecule has 0 spiro atoms. The van der Waals surface area contributed by atoms with Gasteiger partial charge in [0.05, 0.1) is 0 Å². The van der Waals surface area contributed by atoms with Crippen molar-refractivity contribution in [3.63, 3.8) is 0 Å². The van der Waals surface area contributed by atoms with Gasteiger partial charge in [-0.2, -0.15) is 0 Å². The van der Waals surface area contributed by atoms with Gasteiger partial charge in [0.25, 0.3) is 0 Å². The summed E-state index contributed by atoms with van der Waals surface area (Å²) in [6.07, 6.45) is 3.07. The van der Waals surface area contributed by atoms with E-state index in [0.717, 1.165) is 45.6 Å². The first-order chi connectivity index (χ1) is 7.76. The fourth-order valence-corrected chi connectivity index (χ4v) is 1.38. The molecule has 0 unspecified atom stereocenters. The molecule has 0 bridgehead atoms. The number of hydrogen-bond acceptors (Lipinski definition) is 2. The highest BCUT2D eigenvalue weighted by molar-refractivity contribution is 5.74. The predicted octanol–water partition coefficient (Wildman–Crippen LogP) is 2.24. The minimum Gasteiger partial charge on any atom is -0.382 e. The predicted molar refractivity (Wildman–Crippen MR) is 66.7 cm³/mol. The van der Waals surface area contributed by atoms with Crippen LogP contribution in [0.4, 0.5) is 4.79 Å². The quantitative estimate of drug-likeness (QED) is 0.617. The van der Waals surface area contributed by atoms with Crippen LogP contribution in [0.25, 0.3) is 0 Å². The number of nitrogens with zero attached hydrogens (tertiary/aromatic N) is 1. The number of hydrogen-bond donors (Lipinski definition) is 1. The van der Waals surface area contributed by atoms with E-state index in [1.165, 1.54) is 0 Å². The summed E-state index contributed by atoms with van der Waals surface area (Å²) in [6, 6.07) is 0.0486. The molecule has 0 fully saturated rings. The van der Waals surface area contributed by atoms with E-state index in [2.05, 4.69) is 12.2 Å². The summed E-state index contributed by atoms with van der Waals surface area (Å²) in [7, 11) is 0. The van der Waals surface area contributed by atoms with Crippen LogP contribution in [-0.2, 0) is 4.74 Å². The molecule has 4 heteroatoms. The van der Waals surface area contributed by atoms with Gasteiger partial charge in [0.15, 0.2) is 0 Å². The summed E-state index contributed by atoms with van der Waals surface area (Å²) in [5.74, 6) is 0. The third-order valence-corrected chi connectivity index (χ3v) is 2.40. The van der Waals surface area contributed by atoms with Crippen molar-refractivity contribution >= 4 is 6.03 Å². The SMILES string of the molecule is CCCCN(CC)C(=O)NCCCOCC. The van der Waals surface area contributed by atoms with Crippen molar-refractivity contribution in [3.8, 4) is 0 Å². The average molecular weight is 230 g/mol. The van der Waals surface area contributed by atoms with Gasteiger partial charge in [-0.05, 0) is 26.7 Å². The highest BCUT2D eigenvalue weighted by Gasteiger charge is 2.08. The Morgan fingerprint density at radius 1 is 1.25 bits per heavy atom. The maximum Gasteiger partial charge on any atom is 0.317 e. The Morgan fingerprint density at radius 2 is 2.00 bits per heavy atom. The minimum atomic E-state index is 0.0486. The van der Waals surface area contributed by atoms with Crippen molar-refractivity contribution in [1.29, 1.82) is 0 Å². The van der Waals surface area contributed by atoms with Crippen molar-refractivity contribution in [2.75, 3.05) is 32.8 Å². The Hall–Kier alpha value is -0.770. The number of rotatable bonds is 9. The molecular weight excluding hydrogens is 204 g/mol. The van der Waals surface area contributed by atoms with Crippen molar-refractivity contribution in [3.05, 3.63) is 0 Å². The molecule has 0 aromatic heterocycles. The number of ether oxygens (including phenoxy) is 1. The summed E-state index contributed by atoms with van der Waals surface area (Å²) < 4.78 is 5.20. The van der Waals surface area contributed by atoms with Crippen LogP contribution in [0.5, 0.6) is 0 Å². The third-order valence-electron chi connectivity index (χ3n) is 2.40. The van der Waals surface area contributed by atoms with E-state index in [1.807, 2.05) is 18.7 Å². The van der Waals surface area contributed by atoms with E-state index in [0.29, 0.717) is 6.54 Å². The molecule has 0 atom stereocenters. The van der Waals surface area contributed by atoms with E-state index in [9.17, 15) is 4.79 Å². The van der Waals surface area contributed by atoms with Gasteiger partial charge in [-0.3, -0.25) is 0 Å². The monoisotopic (exact) mass is 230 g/mol. The summed E-state index contributed by atoms with van der Waals surface area (Å²) in [4.78, 5) is 13.5. The van der Waals surface area contributed by atoms with Crippen LogP contribution < -0.4 is 5.32 Å². The molecule has 0 heterocycles. The third kappa shape index (κ3) is 7.51. The molecule has 0 aromatic rings. The van der Waals surface area contributed by atoms with E-state index in [-0.39, 0.29) is 6.03 Å². The van der Waals surface area contributed by atoms with Crippen molar-refractivity contribution in [2.24, 2.45) is 0 Å². The zero-order valence-electron chi connectivity index (χ0n) is 10.9. The van der Waals surface area contributed by atoms with Gasteiger partial charge in [0.1, 0.15) is 0 Å². The lowest BCUT2D eigenvalue weighted by atomic mass is 10.3. The zero-order valence-corrected chi connectivity index (χ0v) is 10.9. The molecule has 0 saturated heterocycles. The maximum absolute atomic E-state index is 11.7. The van der Waals surface area contributed by atoms with E-state index in [4.69, 9.17) is 4.74 Å². The van der Waals surface area contributed by atoms with E-state index in [1.54, 1.807) is 0 Å².